The van der Waals surface area contributed by atoms with Gasteiger partial charge >= 0.3 is 0 Å². The van der Waals surface area contributed by atoms with Gasteiger partial charge in [-0.05, 0) is 38.0 Å². The monoisotopic (exact) mass is 282 g/mol. The Kier molecular flexibility index (Phi) is 5.27. The first kappa shape index (κ1) is 15.6. The number of hydrogen-bond acceptors (Lipinski definition) is 4. The fraction of sp³-hybridized carbons (Fsp3) is 0.933. The number of piperazine rings is 1. The maximum atomic E-state index is 8.78. The summed E-state index contributed by atoms with van der Waals surface area (Å²) < 4.78 is 0. The van der Waals surface area contributed by atoms with Gasteiger partial charge in [0.05, 0.1) is 6.04 Å². The van der Waals surface area contributed by atoms with Gasteiger partial charge in [0, 0.05) is 32.2 Å². The number of nitrogens with zero attached hydrogens (tertiary/aromatic N) is 3. The van der Waals surface area contributed by atoms with E-state index in [-0.39, 0.29) is 6.04 Å². The fourth-order valence-electron chi connectivity index (χ4n) is 3.96. The predicted octanol–water partition coefficient (Wildman–Crippen LogP) is 1.56. The normalized spacial score (nSPS) is 36.0. The Bertz CT molecular complexity index is 329. The van der Waals surface area contributed by atoms with Crippen molar-refractivity contribution >= 4 is 5.84 Å². The van der Waals surface area contributed by atoms with Crippen molar-refractivity contribution in [3.05, 3.63) is 0 Å². The molecule has 2 aliphatic rings. The first-order valence-electron chi connectivity index (χ1n) is 7.96. The van der Waals surface area contributed by atoms with Crippen LogP contribution in [0.2, 0.25) is 0 Å². The summed E-state index contributed by atoms with van der Waals surface area (Å²) in [5.74, 6) is 2.04. The van der Waals surface area contributed by atoms with Gasteiger partial charge in [0.2, 0.25) is 0 Å². The Hall–Kier alpha value is -0.810. The van der Waals surface area contributed by atoms with Gasteiger partial charge in [-0.15, -0.1) is 0 Å². The SMILES string of the molecule is CC1CC(C)CC(N2CCN(C(C)C(N)=NO)CC2)C1. The Morgan fingerprint density at radius 1 is 1.10 bits per heavy atom. The highest BCUT2D eigenvalue weighted by atomic mass is 16.4. The van der Waals surface area contributed by atoms with Gasteiger partial charge in [-0.1, -0.05) is 19.0 Å². The molecule has 0 aromatic heterocycles. The number of amidine groups is 1. The second-order valence-corrected chi connectivity index (χ2v) is 6.84. The van der Waals surface area contributed by atoms with Crippen LogP contribution in [0.1, 0.15) is 40.0 Å². The van der Waals surface area contributed by atoms with Crippen molar-refractivity contribution in [3.63, 3.8) is 0 Å². The van der Waals surface area contributed by atoms with E-state index >= 15 is 0 Å². The third-order valence-electron chi connectivity index (χ3n) is 5.11. The van der Waals surface area contributed by atoms with E-state index in [1.807, 2.05) is 6.92 Å². The predicted molar refractivity (Wildman–Crippen MR) is 82.0 cm³/mol. The lowest BCUT2D eigenvalue weighted by Crippen LogP contribution is -2.56. The van der Waals surface area contributed by atoms with Crippen LogP contribution < -0.4 is 5.73 Å². The molecule has 0 spiro atoms. The quantitative estimate of drug-likeness (QED) is 0.357. The van der Waals surface area contributed by atoms with Gasteiger partial charge < -0.3 is 10.9 Å². The fourth-order valence-corrected chi connectivity index (χ4v) is 3.96. The molecular formula is C15H30N4O. The maximum Gasteiger partial charge on any atom is 0.156 e. The number of rotatable bonds is 3. The van der Waals surface area contributed by atoms with Gasteiger partial charge in [0.15, 0.2) is 5.84 Å². The van der Waals surface area contributed by atoms with Crippen LogP contribution in [0.5, 0.6) is 0 Å². The van der Waals surface area contributed by atoms with Crippen molar-refractivity contribution in [1.82, 2.24) is 9.80 Å². The van der Waals surface area contributed by atoms with Crippen LogP contribution in [0, 0.1) is 11.8 Å². The summed E-state index contributed by atoms with van der Waals surface area (Å²) in [6.45, 7) is 11.0. The van der Waals surface area contributed by atoms with Crippen molar-refractivity contribution in [2.75, 3.05) is 26.2 Å². The van der Waals surface area contributed by atoms with Crippen LogP contribution in [0.15, 0.2) is 5.16 Å². The van der Waals surface area contributed by atoms with E-state index in [2.05, 4.69) is 28.8 Å². The van der Waals surface area contributed by atoms with Crippen LogP contribution in [0.25, 0.3) is 0 Å². The first-order chi connectivity index (χ1) is 9.51. The zero-order chi connectivity index (χ0) is 14.7. The summed E-state index contributed by atoms with van der Waals surface area (Å²) >= 11 is 0. The molecule has 2 rings (SSSR count). The molecule has 0 amide bonds. The smallest absolute Gasteiger partial charge is 0.156 e. The molecule has 1 aliphatic carbocycles. The summed E-state index contributed by atoms with van der Waals surface area (Å²) in [5.41, 5.74) is 5.71. The molecule has 20 heavy (non-hydrogen) atoms. The average Bonchev–Trinajstić information content (AvgIpc) is 2.45. The van der Waals surface area contributed by atoms with E-state index in [0.29, 0.717) is 5.84 Å². The molecule has 3 N–H and O–H groups in total. The third-order valence-corrected chi connectivity index (χ3v) is 5.11. The Balaban J connectivity index is 1.85. The molecule has 116 valence electrons. The molecule has 0 bridgehead atoms. The highest BCUT2D eigenvalue weighted by molar-refractivity contribution is 5.84. The first-order valence-corrected chi connectivity index (χ1v) is 7.96. The van der Waals surface area contributed by atoms with E-state index < -0.39 is 0 Å². The van der Waals surface area contributed by atoms with Crippen LogP contribution >= 0.6 is 0 Å². The molecule has 1 aliphatic heterocycles. The Morgan fingerprint density at radius 2 is 1.65 bits per heavy atom. The zero-order valence-corrected chi connectivity index (χ0v) is 13.1. The van der Waals surface area contributed by atoms with Crippen molar-refractivity contribution in [3.8, 4) is 0 Å². The molecule has 0 aromatic rings. The van der Waals surface area contributed by atoms with E-state index in [1.165, 1.54) is 19.3 Å². The van der Waals surface area contributed by atoms with Gasteiger partial charge in [-0.3, -0.25) is 9.80 Å². The lowest BCUT2D eigenvalue weighted by atomic mass is 9.79. The van der Waals surface area contributed by atoms with Crippen molar-refractivity contribution < 1.29 is 5.21 Å². The van der Waals surface area contributed by atoms with E-state index in [1.54, 1.807) is 0 Å². The van der Waals surface area contributed by atoms with Crippen LogP contribution in [0.4, 0.5) is 0 Å². The average molecular weight is 282 g/mol. The lowest BCUT2D eigenvalue weighted by molar-refractivity contribution is 0.0513. The van der Waals surface area contributed by atoms with E-state index in [9.17, 15) is 0 Å². The van der Waals surface area contributed by atoms with E-state index in [4.69, 9.17) is 10.9 Å². The van der Waals surface area contributed by atoms with Crippen molar-refractivity contribution in [1.29, 1.82) is 0 Å². The molecule has 0 radical (unpaired) electrons. The summed E-state index contributed by atoms with van der Waals surface area (Å²) in [6, 6.07) is 0.793. The van der Waals surface area contributed by atoms with Gasteiger partial charge in [-0.25, -0.2) is 0 Å². The highest BCUT2D eigenvalue weighted by Crippen LogP contribution is 2.32. The Morgan fingerprint density at radius 3 is 2.15 bits per heavy atom. The molecule has 0 aromatic carbocycles. The molecule has 3 unspecified atom stereocenters. The van der Waals surface area contributed by atoms with Gasteiger partial charge in [0.1, 0.15) is 0 Å². The second kappa shape index (κ2) is 6.76. The van der Waals surface area contributed by atoms with Crippen LogP contribution in [0.3, 0.4) is 0 Å². The summed E-state index contributed by atoms with van der Waals surface area (Å²) in [7, 11) is 0. The van der Waals surface area contributed by atoms with Gasteiger partial charge in [-0.2, -0.15) is 0 Å². The minimum absolute atomic E-state index is 0.0337. The molecule has 1 saturated carbocycles. The lowest BCUT2D eigenvalue weighted by Gasteiger charge is -2.44. The molecule has 5 nitrogen and oxygen atoms in total. The topological polar surface area (TPSA) is 65.1 Å². The molecular weight excluding hydrogens is 252 g/mol. The molecule has 3 atom stereocenters. The maximum absolute atomic E-state index is 8.78. The number of hydrogen-bond donors (Lipinski definition) is 2. The van der Waals surface area contributed by atoms with Crippen molar-refractivity contribution in [2.45, 2.75) is 52.1 Å². The highest BCUT2D eigenvalue weighted by Gasteiger charge is 2.31. The second-order valence-electron chi connectivity index (χ2n) is 6.84. The molecule has 1 saturated heterocycles. The Labute approximate surface area is 122 Å². The zero-order valence-electron chi connectivity index (χ0n) is 13.1. The largest absolute Gasteiger partial charge is 0.409 e. The summed E-state index contributed by atoms with van der Waals surface area (Å²) in [4.78, 5) is 4.96. The summed E-state index contributed by atoms with van der Waals surface area (Å²) in [5, 5.41) is 11.9. The standard InChI is InChI=1S/C15H30N4O/c1-11-8-12(2)10-14(9-11)19-6-4-18(5-7-19)13(3)15(16)17-20/h11-14,20H,4-10H2,1-3H3,(H2,16,17). The minimum Gasteiger partial charge on any atom is -0.409 e. The van der Waals surface area contributed by atoms with Crippen LogP contribution in [-0.2, 0) is 0 Å². The van der Waals surface area contributed by atoms with Crippen LogP contribution in [-0.4, -0.2) is 59.1 Å². The minimum atomic E-state index is 0.0337. The molecule has 1 heterocycles. The molecule has 2 fully saturated rings. The number of nitrogens with two attached hydrogens (primary N) is 1. The third kappa shape index (κ3) is 3.64. The van der Waals surface area contributed by atoms with E-state index in [0.717, 1.165) is 44.1 Å². The molecule has 5 heteroatoms. The van der Waals surface area contributed by atoms with Gasteiger partial charge in [0.25, 0.3) is 0 Å². The summed E-state index contributed by atoms with van der Waals surface area (Å²) in [6.07, 6.45) is 4.08. The van der Waals surface area contributed by atoms with Crippen molar-refractivity contribution in [2.24, 2.45) is 22.7 Å². The number of oxime groups is 1.